The normalized spacial score (nSPS) is 18.0. The average Bonchev–Trinajstić information content (AvgIpc) is 2.74. The van der Waals surface area contributed by atoms with Crippen LogP contribution in [-0.2, 0) is 22.9 Å². The number of H-pyrrole nitrogens is 1. The van der Waals surface area contributed by atoms with Crippen LogP contribution in [0.4, 0.5) is 11.6 Å². The second kappa shape index (κ2) is 8.15. The molecule has 1 fully saturated rings. The van der Waals surface area contributed by atoms with Crippen molar-refractivity contribution in [3.05, 3.63) is 56.0 Å². The zero-order chi connectivity index (χ0) is 21.3. The first kappa shape index (κ1) is 20.5. The SMILES string of the molecule is O=c1[nH]c(NC2CCN(S(=O)(=O)c3cccc([N+](=O)[O-])c3)CC2)nc2c1CCCC2. The largest absolute Gasteiger partial charge is 0.353 e. The van der Waals surface area contributed by atoms with Crippen LogP contribution < -0.4 is 10.9 Å². The summed E-state index contributed by atoms with van der Waals surface area (Å²) in [5.74, 6) is 0.431. The fourth-order valence-electron chi connectivity index (χ4n) is 4.01. The number of aryl methyl sites for hydroxylation is 1. The molecule has 2 aromatic rings. The number of fused-ring (bicyclic) bond motifs is 1. The molecule has 1 aliphatic carbocycles. The number of non-ortho nitro benzene ring substituents is 1. The van der Waals surface area contributed by atoms with Gasteiger partial charge in [-0.2, -0.15) is 4.31 Å². The Labute approximate surface area is 173 Å². The van der Waals surface area contributed by atoms with E-state index in [1.807, 2.05) is 0 Å². The highest BCUT2D eigenvalue weighted by Gasteiger charge is 2.30. The number of piperidine rings is 1. The van der Waals surface area contributed by atoms with Gasteiger partial charge in [0, 0.05) is 36.8 Å². The topological polar surface area (TPSA) is 138 Å². The molecule has 2 N–H and O–H groups in total. The first-order valence-electron chi connectivity index (χ1n) is 9.98. The molecule has 2 aliphatic rings. The molecular formula is C19H23N5O5S. The Morgan fingerprint density at radius 3 is 2.67 bits per heavy atom. The van der Waals surface area contributed by atoms with E-state index in [0.29, 0.717) is 18.8 Å². The second-order valence-corrected chi connectivity index (χ2v) is 9.56. The van der Waals surface area contributed by atoms with Gasteiger partial charge in [-0.3, -0.25) is 19.9 Å². The lowest BCUT2D eigenvalue weighted by atomic mass is 9.97. The van der Waals surface area contributed by atoms with Crippen LogP contribution in [0.1, 0.15) is 36.9 Å². The van der Waals surface area contributed by atoms with Gasteiger partial charge >= 0.3 is 0 Å². The molecule has 10 nitrogen and oxygen atoms in total. The Balaban J connectivity index is 1.43. The summed E-state index contributed by atoms with van der Waals surface area (Å²) in [5.41, 5.74) is 1.26. The zero-order valence-corrected chi connectivity index (χ0v) is 17.2. The molecule has 30 heavy (non-hydrogen) atoms. The predicted molar refractivity (Wildman–Crippen MR) is 110 cm³/mol. The number of benzene rings is 1. The van der Waals surface area contributed by atoms with Crippen molar-refractivity contribution in [2.75, 3.05) is 18.4 Å². The number of nitro benzene ring substituents is 1. The molecule has 11 heteroatoms. The van der Waals surface area contributed by atoms with E-state index in [0.717, 1.165) is 43.0 Å². The molecule has 0 bridgehead atoms. The number of sulfonamides is 1. The monoisotopic (exact) mass is 433 g/mol. The van der Waals surface area contributed by atoms with Gasteiger partial charge in [0.25, 0.3) is 11.2 Å². The first-order chi connectivity index (χ1) is 14.3. The summed E-state index contributed by atoms with van der Waals surface area (Å²) < 4.78 is 27.1. The Bertz CT molecular complexity index is 1120. The molecule has 1 aromatic heterocycles. The summed E-state index contributed by atoms with van der Waals surface area (Å²) in [4.78, 5) is 29.9. The highest BCUT2D eigenvalue weighted by Crippen LogP contribution is 2.25. The van der Waals surface area contributed by atoms with Crippen molar-refractivity contribution in [1.82, 2.24) is 14.3 Å². The molecule has 0 spiro atoms. The summed E-state index contributed by atoms with van der Waals surface area (Å²) >= 11 is 0. The summed E-state index contributed by atoms with van der Waals surface area (Å²) in [6.07, 6.45) is 4.66. The highest BCUT2D eigenvalue weighted by atomic mass is 32.2. The summed E-state index contributed by atoms with van der Waals surface area (Å²) in [6, 6.07) is 5.07. The van der Waals surface area contributed by atoms with E-state index < -0.39 is 14.9 Å². The summed E-state index contributed by atoms with van der Waals surface area (Å²) in [7, 11) is -3.81. The molecule has 2 heterocycles. The molecule has 0 amide bonds. The number of hydrogen-bond acceptors (Lipinski definition) is 7. The maximum atomic E-state index is 12.9. The van der Waals surface area contributed by atoms with E-state index in [2.05, 4.69) is 15.3 Å². The van der Waals surface area contributed by atoms with Gasteiger partial charge in [0.05, 0.1) is 15.5 Å². The minimum absolute atomic E-state index is 0.0219. The van der Waals surface area contributed by atoms with Crippen molar-refractivity contribution in [1.29, 1.82) is 0 Å². The van der Waals surface area contributed by atoms with Gasteiger partial charge in [0.15, 0.2) is 0 Å². The minimum atomic E-state index is -3.81. The van der Waals surface area contributed by atoms with Crippen molar-refractivity contribution >= 4 is 21.7 Å². The van der Waals surface area contributed by atoms with Crippen molar-refractivity contribution in [3.63, 3.8) is 0 Å². The third-order valence-electron chi connectivity index (χ3n) is 5.65. The van der Waals surface area contributed by atoms with Crippen LogP contribution >= 0.6 is 0 Å². The lowest BCUT2D eigenvalue weighted by Gasteiger charge is -2.31. The predicted octanol–water partition coefficient (Wildman–Crippen LogP) is 1.82. The lowest BCUT2D eigenvalue weighted by molar-refractivity contribution is -0.385. The molecule has 0 radical (unpaired) electrons. The van der Waals surface area contributed by atoms with Crippen molar-refractivity contribution in [2.45, 2.75) is 49.5 Å². The van der Waals surface area contributed by atoms with E-state index in [1.165, 1.54) is 22.5 Å². The Hall–Kier alpha value is -2.79. The van der Waals surface area contributed by atoms with Gasteiger partial charge in [0.2, 0.25) is 16.0 Å². The summed E-state index contributed by atoms with van der Waals surface area (Å²) in [5, 5.41) is 14.2. The number of aromatic amines is 1. The van der Waals surface area contributed by atoms with Crippen LogP contribution in [0, 0.1) is 10.1 Å². The molecule has 1 saturated heterocycles. The molecule has 1 aliphatic heterocycles. The van der Waals surface area contributed by atoms with Crippen molar-refractivity contribution in [2.24, 2.45) is 0 Å². The van der Waals surface area contributed by atoms with Crippen molar-refractivity contribution in [3.8, 4) is 0 Å². The van der Waals surface area contributed by atoms with Crippen molar-refractivity contribution < 1.29 is 13.3 Å². The van der Waals surface area contributed by atoms with E-state index in [-0.39, 0.29) is 35.3 Å². The number of hydrogen-bond donors (Lipinski definition) is 2. The van der Waals surface area contributed by atoms with Gasteiger partial charge in [-0.25, -0.2) is 13.4 Å². The second-order valence-electron chi connectivity index (χ2n) is 7.62. The van der Waals surface area contributed by atoms with Crippen LogP contribution in [0.3, 0.4) is 0 Å². The molecule has 0 atom stereocenters. The Morgan fingerprint density at radius 2 is 1.93 bits per heavy atom. The number of nitrogens with one attached hydrogen (secondary N) is 2. The maximum absolute atomic E-state index is 12.9. The zero-order valence-electron chi connectivity index (χ0n) is 16.3. The molecule has 160 valence electrons. The van der Waals surface area contributed by atoms with Crippen LogP contribution in [0.15, 0.2) is 34.0 Å². The fourth-order valence-corrected chi connectivity index (χ4v) is 5.52. The Kier molecular flexibility index (Phi) is 5.56. The van der Waals surface area contributed by atoms with E-state index in [9.17, 15) is 23.3 Å². The first-order valence-corrected chi connectivity index (χ1v) is 11.4. The average molecular weight is 433 g/mol. The standard InChI is InChI=1S/C19H23N5O5S/c25-18-16-6-1-2-7-17(16)21-19(22-18)20-13-8-10-23(11-9-13)30(28,29)15-5-3-4-14(12-15)24(26)27/h3-5,12-13H,1-2,6-11H2,(H2,20,21,22,25). The number of nitrogens with zero attached hydrogens (tertiary/aromatic N) is 3. The molecule has 4 rings (SSSR count). The molecule has 0 saturated carbocycles. The number of aromatic nitrogens is 2. The van der Waals surface area contributed by atoms with Crippen LogP contribution in [-0.4, -0.2) is 46.7 Å². The highest BCUT2D eigenvalue weighted by molar-refractivity contribution is 7.89. The van der Waals surface area contributed by atoms with E-state index in [1.54, 1.807) is 0 Å². The van der Waals surface area contributed by atoms with Crippen LogP contribution in [0.5, 0.6) is 0 Å². The van der Waals surface area contributed by atoms with Gasteiger partial charge in [-0.15, -0.1) is 0 Å². The van der Waals surface area contributed by atoms with E-state index >= 15 is 0 Å². The van der Waals surface area contributed by atoms with Crippen LogP contribution in [0.25, 0.3) is 0 Å². The maximum Gasteiger partial charge on any atom is 0.270 e. The number of anilines is 1. The molecular weight excluding hydrogens is 410 g/mol. The van der Waals surface area contributed by atoms with E-state index in [4.69, 9.17) is 0 Å². The van der Waals surface area contributed by atoms with Gasteiger partial charge in [0.1, 0.15) is 0 Å². The van der Waals surface area contributed by atoms with Crippen LogP contribution in [0.2, 0.25) is 0 Å². The smallest absolute Gasteiger partial charge is 0.270 e. The van der Waals surface area contributed by atoms with Gasteiger partial charge < -0.3 is 5.32 Å². The van der Waals surface area contributed by atoms with Gasteiger partial charge in [-0.1, -0.05) is 6.07 Å². The fraction of sp³-hybridized carbons (Fsp3) is 0.474. The quantitative estimate of drug-likeness (QED) is 0.542. The summed E-state index contributed by atoms with van der Waals surface area (Å²) in [6.45, 7) is 0.551. The third kappa shape index (κ3) is 4.08. The third-order valence-corrected chi connectivity index (χ3v) is 7.55. The lowest BCUT2D eigenvalue weighted by Crippen LogP contribution is -2.42. The minimum Gasteiger partial charge on any atom is -0.353 e. The molecule has 0 unspecified atom stereocenters. The molecule has 1 aromatic carbocycles. The Morgan fingerprint density at radius 1 is 1.20 bits per heavy atom. The number of rotatable bonds is 5. The van der Waals surface area contributed by atoms with Gasteiger partial charge in [-0.05, 0) is 44.6 Å². The number of nitro groups is 1.